The number of hydrogen-bond donors (Lipinski definition) is 2. The molecule has 0 amide bonds. The topological polar surface area (TPSA) is 112 Å². The van der Waals surface area contributed by atoms with E-state index in [9.17, 15) is 25.9 Å². The van der Waals surface area contributed by atoms with Gasteiger partial charge in [0.25, 0.3) is 20.2 Å². The maximum atomic E-state index is 12.2. The van der Waals surface area contributed by atoms with Crippen molar-refractivity contribution in [3.8, 4) is 0 Å². The second-order valence-electron chi connectivity index (χ2n) is 5.81. The number of rotatable bonds is 5. The molecule has 0 saturated carbocycles. The number of hydrogen-bond acceptors (Lipinski definition) is 5. The molecule has 27 heavy (non-hydrogen) atoms. The molecule has 9 heteroatoms. The Hall–Kier alpha value is -2.46. The van der Waals surface area contributed by atoms with Crippen LogP contribution >= 0.6 is 0 Å². The fraction of sp³-hybridized carbons (Fsp3) is 0.111. The van der Waals surface area contributed by atoms with Crippen molar-refractivity contribution in [3.63, 3.8) is 0 Å². The van der Waals surface area contributed by atoms with Gasteiger partial charge < -0.3 is 4.90 Å². The average molecular weight is 407 g/mol. The highest BCUT2D eigenvalue weighted by atomic mass is 32.2. The van der Waals surface area contributed by atoms with Crippen LogP contribution in [0.3, 0.4) is 0 Å². The zero-order valence-electron chi connectivity index (χ0n) is 14.3. The summed E-state index contributed by atoms with van der Waals surface area (Å²) in [5.74, 6) is 0. The molecule has 0 heterocycles. The standard InChI is InChI=1S/C18H17NO6S2/c1-2-19(14-9-4-3-5-10-14)16-12-13-8-6-7-11-15(13)17(26(20,21)22)18(16)27(23,24)25/h3-12H,2H2,1H3,(H,20,21,22)(H,23,24,25). The highest BCUT2D eigenvalue weighted by Crippen LogP contribution is 2.40. The lowest BCUT2D eigenvalue weighted by atomic mass is 10.1. The van der Waals surface area contributed by atoms with Crippen LogP contribution in [0.5, 0.6) is 0 Å². The molecule has 0 saturated heterocycles. The van der Waals surface area contributed by atoms with E-state index in [4.69, 9.17) is 0 Å². The highest BCUT2D eigenvalue weighted by Gasteiger charge is 2.32. The van der Waals surface area contributed by atoms with Crippen molar-refractivity contribution in [2.45, 2.75) is 16.7 Å². The van der Waals surface area contributed by atoms with Crippen molar-refractivity contribution in [3.05, 3.63) is 60.7 Å². The summed E-state index contributed by atoms with van der Waals surface area (Å²) in [6.07, 6.45) is 0. The Bertz CT molecular complexity index is 1210. The summed E-state index contributed by atoms with van der Waals surface area (Å²) in [6, 6.07) is 16.3. The van der Waals surface area contributed by atoms with E-state index >= 15 is 0 Å². The highest BCUT2D eigenvalue weighted by molar-refractivity contribution is 7.89. The average Bonchev–Trinajstić information content (AvgIpc) is 2.60. The molecule has 0 aromatic heterocycles. The van der Waals surface area contributed by atoms with Crippen LogP contribution < -0.4 is 4.90 Å². The Morgan fingerprint density at radius 2 is 1.37 bits per heavy atom. The van der Waals surface area contributed by atoms with Gasteiger partial charge in [0.15, 0.2) is 0 Å². The molecule has 2 N–H and O–H groups in total. The van der Waals surface area contributed by atoms with Gasteiger partial charge in [0.2, 0.25) is 0 Å². The third kappa shape index (κ3) is 3.67. The van der Waals surface area contributed by atoms with Crippen LogP contribution in [0.1, 0.15) is 6.92 Å². The molecule has 0 aliphatic rings. The molecule has 0 radical (unpaired) electrons. The molecular weight excluding hydrogens is 390 g/mol. The van der Waals surface area contributed by atoms with Crippen LogP contribution in [-0.4, -0.2) is 32.5 Å². The van der Waals surface area contributed by atoms with Crippen LogP contribution in [-0.2, 0) is 20.2 Å². The smallest absolute Gasteiger partial charge is 0.298 e. The number of benzene rings is 3. The van der Waals surface area contributed by atoms with Gasteiger partial charge in [-0.25, -0.2) is 0 Å². The molecule has 3 aromatic carbocycles. The van der Waals surface area contributed by atoms with Crippen LogP contribution in [0.4, 0.5) is 11.4 Å². The third-order valence-corrected chi connectivity index (χ3v) is 6.13. The molecule has 0 aliphatic heterocycles. The van der Waals surface area contributed by atoms with E-state index in [-0.39, 0.29) is 17.6 Å². The van der Waals surface area contributed by atoms with Crippen molar-refractivity contribution in [1.82, 2.24) is 0 Å². The SMILES string of the molecule is CCN(c1ccccc1)c1cc2ccccc2c(S(=O)(=O)O)c1S(=O)(=O)O. The van der Waals surface area contributed by atoms with Gasteiger partial charge in [0, 0.05) is 17.6 Å². The second kappa shape index (κ2) is 6.93. The fourth-order valence-electron chi connectivity index (χ4n) is 3.09. The lowest BCUT2D eigenvalue weighted by molar-refractivity contribution is 0.468. The molecule has 0 spiro atoms. The van der Waals surface area contributed by atoms with Gasteiger partial charge in [0.05, 0.1) is 5.69 Å². The van der Waals surface area contributed by atoms with Crippen LogP contribution in [0, 0.1) is 0 Å². The molecular formula is C18H17NO6S2. The van der Waals surface area contributed by atoms with Crippen LogP contribution in [0.2, 0.25) is 0 Å². The Balaban J connectivity index is 2.53. The summed E-state index contributed by atoms with van der Waals surface area (Å²) in [7, 11) is -9.94. The van der Waals surface area contributed by atoms with Crippen molar-refractivity contribution in [2.24, 2.45) is 0 Å². The first-order chi connectivity index (χ1) is 12.6. The fourth-order valence-corrected chi connectivity index (χ4v) is 5.30. The van der Waals surface area contributed by atoms with E-state index in [0.717, 1.165) is 0 Å². The van der Waals surface area contributed by atoms with E-state index in [0.29, 0.717) is 11.1 Å². The van der Waals surface area contributed by atoms with Gasteiger partial charge >= 0.3 is 0 Å². The number of nitrogens with zero attached hydrogens (tertiary/aromatic N) is 1. The molecule has 0 aliphatic carbocycles. The predicted octanol–water partition coefficient (Wildman–Crippen LogP) is 3.49. The van der Waals surface area contributed by atoms with Crippen LogP contribution in [0.15, 0.2) is 70.5 Å². The van der Waals surface area contributed by atoms with Gasteiger partial charge in [0.1, 0.15) is 9.79 Å². The zero-order chi connectivity index (χ0) is 19.8. The number of anilines is 2. The Kier molecular flexibility index (Phi) is 4.96. The first-order valence-corrected chi connectivity index (χ1v) is 10.9. The predicted molar refractivity (Wildman–Crippen MR) is 103 cm³/mol. The maximum absolute atomic E-state index is 12.2. The Morgan fingerprint density at radius 1 is 0.815 bits per heavy atom. The lowest BCUT2D eigenvalue weighted by Gasteiger charge is -2.26. The molecule has 142 valence electrons. The van der Waals surface area contributed by atoms with E-state index in [1.165, 1.54) is 18.2 Å². The first kappa shape index (κ1) is 19.3. The second-order valence-corrected chi connectivity index (χ2v) is 8.52. The van der Waals surface area contributed by atoms with Gasteiger partial charge in [-0.05, 0) is 30.5 Å². The molecule has 3 rings (SSSR count). The first-order valence-electron chi connectivity index (χ1n) is 7.98. The van der Waals surface area contributed by atoms with E-state index in [2.05, 4.69) is 0 Å². The van der Waals surface area contributed by atoms with Crippen molar-refractivity contribution in [2.75, 3.05) is 11.4 Å². The monoisotopic (exact) mass is 407 g/mol. The summed E-state index contributed by atoms with van der Waals surface area (Å²) >= 11 is 0. The quantitative estimate of drug-likeness (QED) is 0.623. The van der Waals surface area contributed by atoms with Gasteiger partial charge in [-0.15, -0.1) is 0 Å². The summed E-state index contributed by atoms with van der Waals surface area (Å²) in [4.78, 5) is -0.147. The number of para-hydroxylation sites is 1. The minimum Gasteiger partial charge on any atom is -0.341 e. The van der Waals surface area contributed by atoms with E-state index in [1.54, 1.807) is 54.3 Å². The Morgan fingerprint density at radius 3 is 1.93 bits per heavy atom. The van der Waals surface area contributed by atoms with Crippen molar-refractivity contribution >= 4 is 42.4 Å². The Labute approximate surface area is 157 Å². The minimum absolute atomic E-state index is 0.000453. The molecule has 0 unspecified atom stereocenters. The van der Waals surface area contributed by atoms with E-state index in [1.807, 2.05) is 0 Å². The van der Waals surface area contributed by atoms with Crippen molar-refractivity contribution in [1.29, 1.82) is 0 Å². The van der Waals surface area contributed by atoms with Crippen LogP contribution in [0.25, 0.3) is 10.8 Å². The molecule has 0 atom stereocenters. The molecule has 0 fully saturated rings. The minimum atomic E-state index is -4.98. The molecule has 7 nitrogen and oxygen atoms in total. The van der Waals surface area contributed by atoms with E-state index < -0.39 is 30.0 Å². The van der Waals surface area contributed by atoms with Gasteiger partial charge in [-0.1, -0.05) is 42.5 Å². The summed E-state index contributed by atoms with van der Waals surface area (Å²) in [5.41, 5.74) is 0.555. The largest absolute Gasteiger partial charge is 0.341 e. The molecule has 0 bridgehead atoms. The third-order valence-electron chi connectivity index (χ3n) is 4.13. The summed E-state index contributed by atoms with van der Waals surface area (Å²) < 4.78 is 68.1. The maximum Gasteiger partial charge on any atom is 0.298 e. The van der Waals surface area contributed by atoms with Gasteiger partial charge in [-0.2, -0.15) is 16.8 Å². The summed E-state index contributed by atoms with van der Waals surface area (Å²) in [5, 5.41) is 0.405. The normalized spacial score (nSPS) is 12.3. The number of fused-ring (bicyclic) bond motifs is 1. The van der Waals surface area contributed by atoms with Crippen molar-refractivity contribution < 1.29 is 25.9 Å². The van der Waals surface area contributed by atoms with Gasteiger partial charge in [-0.3, -0.25) is 9.11 Å². The molecule has 3 aromatic rings. The zero-order valence-corrected chi connectivity index (χ0v) is 15.9. The summed E-state index contributed by atoms with van der Waals surface area (Å²) in [6.45, 7) is 2.04. The lowest BCUT2D eigenvalue weighted by Crippen LogP contribution is -2.21.